The first-order chi connectivity index (χ1) is 12.5. The molecule has 1 fully saturated rings. The molecule has 1 saturated carbocycles. The Hall–Kier alpha value is -2.76. The number of anilines is 1. The normalized spacial score (nSPS) is 19.2. The average molecular weight is 348 g/mol. The van der Waals surface area contributed by atoms with Gasteiger partial charge in [0, 0.05) is 23.5 Å². The summed E-state index contributed by atoms with van der Waals surface area (Å²) >= 11 is 0. The number of fused-ring (bicyclic) bond motifs is 1. The van der Waals surface area contributed by atoms with Crippen molar-refractivity contribution < 1.29 is 0 Å². The number of aryl methyl sites for hydroxylation is 1. The second kappa shape index (κ2) is 6.52. The summed E-state index contributed by atoms with van der Waals surface area (Å²) in [6.07, 6.45) is 6.20. The van der Waals surface area contributed by atoms with Gasteiger partial charge in [-0.15, -0.1) is 5.10 Å². The lowest BCUT2D eigenvalue weighted by Gasteiger charge is -2.33. The van der Waals surface area contributed by atoms with Crippen molar-refractivity contribution in [2.24, 2.45) is 10.9 Å². The van der Waals surface area contributed by atoms with Crippen molar-refractivity contribution in [1.82, 2.24) is 19.6 Å². The van der Waals surface area contributed by atoms with Crippen molar-refractivity contribution in [3.63, 3.8) is 0 Å². The van der Waals surface area contributed by atoms with Crippen LogP contribution >= 0.6 is 0 Å². The highest BCUT2D eigenvalue weighted by Gasteiger charge is 2.25. The van der Waals surface area contributed by atoms with Crippen LogP contribution in [0.3, 0.4) is 0 Å². The van der Waals surface area contributed by atoms with Gasteiger partial charge in [0.1, 0.15) is 0 Å². The van der Waals surface area contributed by atoms with Crippen LogP contribution < -0.4 is 5.32 Å². The Morgan fingerprint density at radius 1 is 1.23 bits per heavy atom. The number of hydrogen-bond acceptors (Lipinski definition) is 5. The first-order valence-electron chi connectivity index (χ1n) is 9.10. The molecule has 0 atom stereocenters. The minimum atomic E-state index is 0.497. The summed E-state index contributed by atoms with van der Waals surface area (Å²) in [5.41, 5.74) is 5.74. The Morgan fingerprint density at radius 3 is 2.73 bits per heavy atom. The fraction of sp³-hybridized carbons (Fsp3) is 0.400. The zero-order valence-corrected chi connectivity index (χ0v) is 15.7. The van der Waals surface area contributed by atoms with E-state index in [9.17, 15) is 0 Å². The summed E-state index contributed by atoms with van der Waals surface area (Å²) in [4.78, 5) is 13.7. The van der Waals surface area contributed by atoms with Crippen molar-refractivity contribution in [2.45, 2.75) is 46.6 Å². The van der Waals surface area contributed by atoms with E-state index in [1.165, 1.54) is 12.8 Å². The topological polar surface area (TPSA) is 67.5 Å². The number of aromatic nitrogens is 4. The molecule has 0 bridgehead atoms. The highest BCUT2D eigenvalue weighted by atomic mass is 15.3. The molecule has 6 heteroatoms. The number of rotatable bonds is 4. The van der Waals surface area contributed by atoms with Gasteiger partial charge in [-0.3, -0.25) is 9.98 Å². The SMILES string of the molecule is CC(C)=Nc1ccc(-c2ccn3nc(NC4CC(C)C4)ncc23)nc1C. The monoisotopic (exact) mass is 348 g/mol. The van der Waals surface area contributed by atoms with Gasteiger partial charge in [0.2, 0.25) is 5.95 Å². The van der Waals surface area contributed by atoms with E-state index in [4.69, 9.17) is 4.98 Å². The zero-order valence-electron chi connectivity index (χ0n) is 15.7. The first kappa shape index (κ1) is 16.7. The average Bonchev–Trinajstić information content (AvgIpc) is 2.98. The summed E-state index contributed by atoms with van der Waals surface area (Å²) in [7, 11) is 0. The molecular formula is C20H24N6. The molecule has 0 aromatic carbocycles. The molecule has 3 heterocycles. The number of aliphatic imine (C=N–C) groups is 1. The second-order valence-electron chi connectivity index (χ2n) is 7.42. The van der Waals surface area contributed by atoms with Gasteiger partial charge in [0.25, 0.3) is 0 Å². The molecule has 1 N–H and O–H groups in total. The smallest absolute Gasteiger partial charge is 0.241 e. The van der Waals surface area contributed by atoms with Crippen LogP contribution in [-0.4, -0.2) is 31.3 Å². The van der Waals surface area contributed by atoms with Gasteiger partial charge < -0.3 is 5.32 Å². The van der Waals surface area contributed by atoms with Gasteiger partial charge in [-0.2, -0.15) is 0 Å². The molecule has 3 aromatic heterocycles. The molecule has 0 amide bonds. The molecule has 0 aliphatic heterocycles. The third kappa shape index (κ3) is 3.19. The third-order valence-electron chi connectivity index (χ3n) is 4.80. The molecule has 0 radical (unpaired) electrons. The van der Waals surface area contributed by atoms with Crippen LogP contribution in [0.1, 0.15) is 39.3 Å². The summed E-state index contributed by atoms with van der Waals surface area (Å²) in [5, 5.41) is 8.00. The van der Waals surface area contributed by atoms with Crippen molar-refractivity contribution in [3.05, 3.63) is 36.3 Å². The molecule has 134 valence electrons. The van der Waals surface area contributed by atoms with Crippen LogP contribution in [0, 0.1) is 12.8 Å². The van der Waals surface area contributed by atoms with Crippen LogP contribution in [-0.2, 0) is 0 Å². The van der Waals surface area contributed by atoms with Crippen LogP contribution in [0.5, 0.6) is 0 Å². The quantitative estimate of drug-likeness (QED) is 0.709. The Bertz CT molecular complexity index is 977. The largest absolute Gasteiger partial charge is 0.350 e. The maximum atomic E-state index is 4.73. The summed E-state index contributed by atoms with van der Waals surface area (Å²) in [6, 6.07) is 6.56. The molecular weight excluding hydrogens is 324 g/mol. The lowest BCUT2D eigenvalue weighted by molar-refractivity contribution is 0.307. The van der Waals surface area contributed by atoms with E-state index in [0.717, 1.165) is 39.8 Å². The zero-order chi connectivity index (χ0) is 18.3. The van der Waals surface area contributed by atoms with Gasteiger partial charge in [-0.05, 0) is 57.7 Å². The van der Waals surface area contributed by atoms with Gasteiger partial charge in [-0.25, -0.2) is 9.50 Å². The van der Waals surface area contributed by atoms with E-state index in [1.807, 2.05) is 55.9 Å². The number of nitrogens with zero attached hydrogens (tertiary/aromatic N) is 5. The Balaban J connectivity index is 1.63. The van der Waals surface area contributed by atoms with Crippen molar-refractivity contribution in [2.75, 3.05) is 5.32 Å². The minimum Gasteiger partial charge on any atom is -0.350 e. The number of nitrogens with one attached hydrogen (secondary N) is 1. The third-order valence-corrected chi connectivity index (χ3v) is 4.80. The van der Waals surface area contributed by atoms with Crippen LogP contribution in [0.2, 0.25) is 0 Å². The fourth-order valence-corrected chi connectivity index (χ4v) is 3.45. The molecule has 3 aromatic rings. The highest BCUT2D eigenvalue weighted by Crippen LogP contribution is 2.30. The summed E-state index contributed by atoms with van der Waals surface area (Å²) < 4.78 is 1.87. The first-order valence-corrected chi connectivity index (χ1v) is 9.10. The molecule has 0 unspecified atom stereocenters. The molecule has 6 nitrogen and oxygen atoms in total. The lowest BCUT2D eigenvalue weighted by Crippen LogP contribution is -2.34. The van der Waals surface area contributed by atoms with Gasteiger partial charge >= 0.3 is 0 Å². The standard InChI is InChI=1S/C20H24N6/c1-12(2)22-17-5-6-18(23-14(17)4)16-7-8-26-19(16)11-21-20(25-26)24-15-9-13(3)10-15/h5-8,11,13,15H,9-10H2,1-4H3,(H,24,25). The molecule has 0 spiro atoms. The molecule has 26 heavy (non-hydrogen) atoms. The molecule has 4 rings (SSSR count). The predicted molar refractivity (Wildman–Crippen MR) is 105 cm³/mol. The predicted octanol–water partition coefficient (Wildman–Crippen LogP) is 4.42. The summed E-state index contributed by atoms with van der Waals surface area (Å²) in [6.45, 7) is 8.24. The lowest BCUT2D eigenvalue weighted by atomic mass is 9.82. The van der Waals surface area contributed by atoms with Crippen molar-refractivity contribution in [3.8, 4) is 11.3 Å². The van der Waals surface area contributed by atoms with E-state index in [0.29, 0.717) is 12.0 Å². The van der Waals surface area contributed by atoms with Gasteiger partial charge in [0.05, 0.1) is 28.8 Å². The van der Waals surface area contributed by atoms with E-state index in [2.05, 4.69) is 27.3 Å². The molecule has 0 saturated heterocycles. The van der Waals surface area contributed by atoms with Crippen LogP contribution in [0.25, 0.3) is 16.8 Å². The van der Waals surface area contributed by atoms with Crippen molar-refractivity contribution in [1.29, 1.82) is 0 Å². The van der Waals surface area contributed by atoms with Crippen LogP contribution in [0.4, 0.5) is 11.6 Å². The van der Waals surface area contributed by atoms with E-state index >= 15 is 0 Å². The number of hydrogen-bond donors (Lipinski definition) is 1. The summed E-state index contributed by atoms with van der Waals surface area (Å²) in [5.74, 6) is 1.48. The Morgan fingerprint density at radius 2 is 2.04 bits per heavy atom. The molecule has 1 aliphatic carbocycles. The van der Waals surface area contributed by atoms with Crippen molar-refractivity contribution >= 4 is 22.9 Å². The Kier molecular flexibility index (Phi) is 4.18. The van der Waals surface area contributed by atoms with Gasteiger partial charge in [-0.1, -0.05) is 6.92 Å². The fourth-order valence-electron chi connectivity index (χ4n) is 3.45. The van der Waals surface area contributed by atoms with E-state index in [-0.39, 0.29) is 0 Å². The Labute approximate surface area is 153 Å². The highest BCUT2D eigenvalue weighted by molar-refractivity contribution is 5.83. The molecule has 1 aliphatic rings. The number of pyridine rings is 1. The van der Waals surface area contributed by atoms with Gasteiger partial charge in [0.15, 0.2) is 0 Å². The second-order valence-corrected chi connectivity index (χ2v) is 7.42. The minimum absolute atomic E-state index is 0.497. The van der Waals surface area contributed by atoms with E-state index in [1.54, 1.807) is 0 Å². The van der Waals surface area contributed by atoms with E-state index < -0.39 is 0 Å². The van der Waals surface area contributed by atoms with Crippen LogP contribution in [0.15, 0.2) is 35.6 Å². The maximum Gasteiger partial charge on any atom is 0.241 e. The maximum absolute atomic E-state index is 4.73.